The van der Waals surface area contributed by atoms with Gasteiger partial charge in [0.25, 0.3) is 0 Å². The van der Waals surface area contributed by atoms with E-state index < -0.39 is 17.7 Å². The minimum atomic E-state index is -4.39. The monoisotopic (exact) mass is 322 g/mol. The van der Waals surface area contributed by atoms with Gasteiger partial charge in [0, 0.05) is 11.5 Å². The zero-order valence-electron chi connectivity index (χ0n) is 12.0. The van der Waals surface area contributed by atoms with Gasteiger partial charge in [-0.05, 0) is 49.4 Å². The number of benzene rings is 1. The summed E-state index contributed by atoms with van der Waals surface area (Å²) in [5.74, 6) is -0.623. The van der Waals surface area contributed by atoms with Gasteiger partial charge in [-0.2, -0.15) is 18.3 Å². The van der Waals surface area contributed by atoms with Crippen LogP contribution in [0.4, 0.5) is 13.2 Å². The normalized spacial score (nSPS) is 22.4. The Hall–Kier alpha value is -2.31. The summed E-state index contributed by atoms with van der Waals surface area (Å²) in [5, 5.41) is 13.5. The molecule has 4 nitrogen and oxygen atoms in total. The molecule has 2 aliphatic rings. The molecule has 0 aliphatic heterocycles. The Kier molecular flexibility index (Phi) is 2.86. The molecule has 1 aromatic carbocycles. The molecule has 2 unspecified atom stereocenters. The SMILES string of the molecule is O=C(O)c1nn(-c2ccc(C(F)(F)F)cc2)c2c1C1CCC2C1. The highest BCUT2D eigenvalue weighted by Gasteiger charge is 2.44. The molecule has 0 saturated heterocycles. The van der Waals surface area contributed by atoms with Crippen molar-refractivity contribution < 1.29 is 23.1 Å². The van der Waals surface area contributed by atoms with Crippen LogP contribution in [0.15, 0.2) is 24.3 Å². The molecular weight excluding hydrogens is 309 g/mol. The standard InChI is InChI=1S/C16H13F3N2O2/c17-16(18,19)10-3-5-11(6-4-10)21-14-9-2-1-8(7-9)12(14)13(20-21)15(22)23/h3-6,8-9H,1-2,7H2,(H,22,23). The number of nitrogens with zero attached hydrogens (tertiary/aromatic N) is 2. The molecular formula is C16H13F3N2O2. The van der Waals surface area contributed by atoms with E-state index in [1.807, 2.05) is 0 Å². The largest absolute Gasteiger partial charge is 0.476 e. The van der Waals surface area contributed by atoms with Crippen molar-refractivity contribution in [1.82, 2.24) is 9.78 Å². The zero-order chi connectivity index (χ0) is 16.4. The van der Waals surface area contributed by atoms with E-state index in [1.54, 1.807) is 0 Å². The molecule has 0 radical (unpaired) electrons. The van der Waals surface area contributed by atoms with Gasteiger partial charge in [-0.25, -0.2) is 9.48 Å². The van der Waals surface area contributed by atoms with Crippen molar-refractivity contribution in [1.29, 1.82) is 0 Å². The van der Waals surface area contributed by atoms with E-state index in [0.29, 0.717) is 5.69 Å². The van der Waals surface area contributed by atoms with Gasteiger partial charge < -0.3 is 5.11 Å². The van der Waals surface area contributed by atoms with E-state index in [9.17, 15) is 23.1 Å². The van der Waals surface area contributed by atoms with Gasteiger partial charge in [0.2, 0.25) is 0 Å². The van der Waals surface area contributed by atoms with Crippen LogP contribution in [0.1, 0.15) is 58.4 Å². The summed E-state index contributed by atoms with van der Waals surface area (Å²) < 4.78 is 39.5. The van der Waals surface area contributed by atoms with Crippen molar-refractivity contribution in [2.75, 3.05) is 0 Å². The van der Waals surface area contributed by atoms with Crippen molar-refractivity contribution in [2.24, 2.45) is 0 Å². The summed E-state index contributed by atoms with van der Waals surface area (Å²) in [6.07, 6.45) is -1.55. The van der Waals surface area contributed by atoms with Crippen molar-refractivity contribution in [3.05, 3.63) is 46.8 Å². The number of hydrogen-bond donors (Lipinski definition) is 1. The van der Waals surface area contributed by atoms with E-state index >= 15 is 0 Å². The maximum absolute atomic E-state index is 12.7. The van der Waals surface area contributed by atoms with Crippen molar-refractivity contribution >= 4 is 5.97 Å². The lowest BCUT2D eigenvalue weighted by molar-refractivity contribution is -0.137. The van der Waals surface area contributed by atoms with Crippen LogP contribution in [0.25, 0.3) is 5.69 Å². The maximum Gasteiger partial charge on any atom is 0.416 e. The average Bonchev–Trinajstić information content (AvgIpc) is 3.18. The molecule has 1 aromatic heterocycles. The van der Waals surface area contributed by atoms with Crippen molar-refractivity contribution in [2.45, 2.75) is 37.3 Å². The summed E-state index contributed by atoms with van der Waals surface area (Å²) in [7, 11) is 0. The molecule has 2 atom stereocenters. The molecule has 2 aromatic rings. The number of aromatic nitrogens is 2. The predicted molar refractivity (Wildman–Crippen MR) is 74.9 cm³/mol. The van der Waals surface area contributed by atoms with Crippen LogP contribution < -0.4 is 0 Å². The quantitative estimate of drug-likeness (QED) is 0.911. The molecule has 0 amide bonds. The van der Waals surface area contributed by atoms with E-state index in [2.05, 4.69) is 5.10 Å². The number of aromatic carboxylic acids is 1. The number of hydrogen-bond acceptors (Lipinski definition) is 2. The summed E-state index contributed by atoms with van der Waals surface area (Å²) in [5.41, 5.74) is 1.40. The Labute approximate surface area is 129 Å². The minimum absolute atomic E-state index is 0.0343. The molecule has 1 saturated carbocycles. The van der Waals surface area contributed by atoms with E-state index in [0.717, 1.165) is 42.7 Å². The van der Waals surface area contributed by atoms with Crippen LogP contribution >= 0.6 is 0 Å². The molecule has 1 heterocycles. The van der Waals surface area contributed by atoms with Crippen LogP contribution in [0.3, 0.4) is 0 Å². The third-order valence-corrected chi connectivity index (χ3v) is 4.83. The van der Waals surface area contributed by atoms with Gasteiger partial charge in [-0.3, -0.25) is 0 Å². The number of carbonyl (C=O) groups is 1. The fourth-order valence-corrected chi connectivity index (χ4v) is 3.88. The third-order valence-electron chi connectivity index (χ3n) is 4.83. The van der Waals surface area contributed by atoms with Crippen LogP contribution in [-0.2, 0) is 6.18 Å². The lowest BCUT2D eigenvalue weighted by atomic mass is 9.95. The Morgan fingerprint density at radius 3 is 2.43 bits per heavy atom. The van der Waals surface area contributed by atoms with E-state index in [-0.39, 0.29) is 17.5 Å². The number of alkyl halides is 3. The fourth-order valence-electron chi connectivity index (χ4n) is 3.88. The van der Waals surface area contributed by atoms with E-state index in [4.69, 9.17) is 0 Å². The zero-order valence-corrected chi connectivity index (χ0v) is 12.0. The molecule has 23 heavy (non-hydrogen) atoms. The number of carboxylic acid groups (broad SMARTS) is 1. The Balaban J connectivity index is 1.83. The molecule has 120 valence electrons. The molecule has 4 rings (SSSR count). The second-order valence-corrected chi connectivity index (χ2v) is 6.12. The van der Waals surface area contributed by atoms with Gasteiger partial charge >= 0.3 is 12.1 Å². The molecule has 2 bridgehead atoms. The van der Waals surface area contributed by atoms with Crippen molar-refractivity contribution in [3.8, 4) is 5.69 Å². The first-order valence-electron chi connectivity index (χ1n) is 7.40. The van der Waals surface area contributed by atoms with Gasteiger partial charge in [0.1, 0.15) is 0 Å². The summed E-state index contributed by atoms with van der Waals surface area (Å²) in [6, 6.07) is 4.68. The lowest BCUT2D eigenvalue weighted by Crippen LogP contribution is -2.08. The molecule has 1 N–H and O–H groups in total. The Bertz CT molecular complexity index is 793. The Morgan fingerprint density at radius 1 is 1.17 bits per heavy atom. The average molecular weight is 322 g/mol. The maximum atomic E-state index is 12.7. The van der Waals surface area contributed by atoms with Crippen LogP contribution in [-0.4, -0.2) is 20.9 Å². The highest BCUT2D eigenvalue weighted by molar-refractivity contribution is 5.88. The van der Waals surface area contributed by atoms with Crippen LogP contribution in [0.5, 0.6) is 0 Å². The van der Waals surface area contributed by atoms with Crippen LogP contribution in [0, 0.1) is 0 Å². The third kappa shape index (κ3) is 2.06. The summed E-state index contributed by atoms with van der Waals surface area (Å²) in [6.45, 7) is 0. The second-order valence-electron chi connectivity index (χ2n) is 6.12. The lowest BCUT2D eigenvalue weighted by Gasteiger charge is -2.14. The first kappa shape index (κ1) is 14.3. The smallest absolute Gasteiger partial charge is 0.416 e. The highest BCUT2D eigenvalue weighted by Crippen LogP contribution is 2.54. The predicted octanol–water partition coefficient (Wildman–Crippen LogP) is 3.95. The van der Waals surface area contributed by atoms with Gasteiger partial charge in [0.15, 0.2) is 5.69 Å². The fraction of sp³-hybridized carbons (Fsp3) is 0.375. The highest BCUT2D eigenvalue weighted by atomic mass is 19.4. The number of rotatable bonds is 2. The number of fused-ring (bicyclic) bond motifs is 5. The molecule has 1 fully saturated rings. The van der Waals surface area contributed by atoms with Gasteiger partial charge in [-0.1, -0.05) is 0 Å². The Morgan fingerprint density at radius 2 is 1.83 bits per heavy atom. The van der Waals surface area contributed by atoms with Gasteiger partial charge in [-0.15, -0.1) is 0 Å². The second kappa shape index (κ2) is 4.59. The topological polar surface area (TPSA) is 55.1 Å². The number of carboxylic acids is 1. The number of halogens is 3. The first-order valence-corrected chi connectivity index (χ1v) is 7.40. The van der Waals surface area contributed by atoms with E-state index in [1.165, 1.54) is 16.8 Å². The molecule has 0 spiro atoms. The molecule has 2 aliphatic carbocycles. The molecule has 7 heteroatoms. The van der Waals surface area contributed by atoms with Gasteiger partial charge in [0.05, 0.1) is 16.9 Å². The minimum Gasteiger partial charge on any atom is -0.476 e. The summed E-state index contributed by atoms with van der Waals surface area (Å²) in [4.78, 5) is 11.4. The van der Waals surface area contributed by atoms with Crippen LogP contribution in [0.2, 0.25) is 0 Å². The first-order chi connectivity index (χ1) is 10.9. The summed E-state index contributed by atoms with van der Waals surface area (Å²) >= 11 is 0. The van der Waals surface area contributed by atoms with Crippen molar-refractivity contribution in [3.63, 3.8) is 0 Å².